The zero-order valence-corrected chi connectivity index (χ0v) is 21.2. The lowest BCUT2D eigenvalue weighted by atomic mass is 9.95. The molecule has 0 aliphatic carbocycles. The van der Waals surface area contributed by atoms with E-state index in [1.807, 2.05) is 0 Å². The Morgan fingerprint density at radius 2 is 1.49 bits per heavy atom. The predicted molar refractivity (Wildman–Crippen MR) is 139 cm³/mol. The topological polar surface area (TPSA) is 65.7 Å². The number of halogens is 4. The van der Waals surface area contributed by atoms with Crippen LogP contribution in [0.15, 0.2) is 77.3 Å². The highest BCUT2D eigenvalue weighted by atomic mass is 19.4. The number of carbonyl (C=O) groups excluding carboxylic acids is 2. The normalized spacial score (nSPS) is 11.5. The summed E-state index contributed by atoms with van der Waals surface area (Å²) in [4.78, 5) is 23.3. The summed E-state index contributed by atoms with van der Waals surface area (Å²) in [6, 6.07) is 11.8. The second kappa shape index (κ2) is 10.8. The molecule has 0 bridgehead atoms. The van der Waals surface area contributed by atoms with Crippen molar-refractivity contribution in [3.63, 3.8) is 0 Å². The van der Waals surface area contributed by atoms with Gasteiger partial charge in [0.05, 0.1) is 6.61 Å². The van der Waals surface area contributed by atoms with Crippen molar-refractivity contribution in [2.24, 2.45) is 0 Å². The first-order chi connectivity index (χ1) is 18.4. The van der Waals surface area contributed by atoms with Gasteiger partial charge in [-0.15, -0.1) is 0 Å². The lowest BCUT2D eigenvalue weighted by Crippen LogP contribution is -2.09. The molecule has 202 valence electrons. The van der Waals surface area contributed by atoms with Gasteiger partial charge in [-0.1, -0.05) is 43.5 Å². The molecule has 1 heterocycles. The van der Waals surface area contributed by atoms with E-state index < -0.39 is 46.4 Å². The molecule has 0 spiro atoms. The summed E-state index contributed by atoms with van der Waals surface area (Å²) in [5, 5.41) is 0.177. The fourth-order valence-electron chi connectivity index (χ4n) is 4.06. The number of carbonyl (C=O) groups is 2. The van der Waals surface area contributed by atoms with E-state index in [1.165, 1.54) is 25.1 Å². The van der Waals surface area contributed by atoms with E-state index in [1.54, 1.807) is 31.2 Å². The van der Waals surface area contributed by atoms with Crippen molar-refractivity contribution in [3.05, 3.63) is 89.8 Å². The van der Waals surface area contributed by atoms with Crippen LogP contribution in [0.1, 0.15) is 31.4 Å². The number of alkyl halides is 3. The summed E-state index contributed by atoms with van der Waals surface area (Å²) in [6.45, 7) is 10.1. The van der Waals surface area contributed by atoms with E-state index >= 15 is 4.39 Å². The maximum Gasteiger partial charge on any atom is 0.420 e. The molecule has 4 aromatic rings. The van der Waals surface area contributed by atoms with Gasteiger partial charge in [0.1, 0.15) is 11.1 Å². The Balaban J connectivity index is 1.69. The number of fused-ring (bicyclic) bond motifs is 3. The van der Waals surface area contributed by atoms with Gasteiger partial charge in [-0.2, -0.15) is 17.6 Å². The quantitative estimate of drug-likeness (QED) is 0.0746. The van der Waals surface area contributed by atoms with Crippen molar-refractivity contribution in [1.82, 2.24) is 0 Å². The lowest BCUT2D eigenvalue weighted by Gasteiger charge is -2.14. The molecular formula is C30H24F4O5. The van der Waals surface area contributed by atoms with E-state index in [4.69, 9.17) is 13.9 Å². The van der Waals surface area contributed by atoms with E-state index in [-0.39, 0.29) is 28.5 Å². The van der Waals surface area contributed by atoms with Crippen LogP contribution in [0, 0.1) is 5.82 Å². The average Bonchev–Trinajstić information content (AvgIpc) is 3.26. The molecule has 0 fully saturated rings. The molecular weight excluding hydrogens is 516 g/mol. The first kappa shape index (κ1) is 27.6. The Morgan fingerprint density at radius 1 is 0.872 bits per heavy atom. The van der Waals surface area contributed by atoms with Crippen molar-refractivity contribution in [2.75, 3.05) is 6.61 Å². The van der Waals surface area contributed by atoms with Gasteiger partial charge in [-0.3, -0.25) is 0 Å². The SMILES string of the molecule is C=C(C)C(=O)OCCCc1ccc(-c2ccc3c(oc4c(F)c(OC(=O)C(=C)C)ccc43)c2C(F)(F)F)cc1. The highest BCUT2D eigenvalue weighted by Crippen LogP contribution is 2.45. The number of ether oxygens (including phenoxy) is 2. The van der Waals surface area contributed by atoms with E-state index in [2.05, 4.69) is 13.2 Å². The zero-order valence-electron chi connectivity index (χ0n) is 21.2. The number of aryl methyl sites for hydroxylation is 1. The molecule has 0 aliphatic rings. The fourth-order valence-corrected chi connectivity index (χ4v) is 4.06. The third-order valence-corrected chi connectivity index (χ3v) is 6.00. The molecule has 0 unspecified atom stereocenters. The average molecular weight is 541 g/mol. The highest BCUT2D eigenvalue weighted by Gasteiger charge is 2.38. The standard InChI is InChI=1S/C30H24F4O5/c1-16(2)28(35)37-15-5-6-18-7-9-19(10-8-18)20-11-12-21-22-13-14-23(38-29(36)17(3)4)25(31)27(22)39-26(21)24(20)30(32,33)34/h7-14H,1,3,5-6,15H2,2,4H3. The van der Waals surface area contributed by atoms with Gasteiger partial charge >= 0.3 is 18.1 Å². The third-order valence-electron chi connectivity index (χ3n) is 6.00. The number of esters is 2. The van der Waals surface area contributed by atoms with Crippen LogP contribution in [-0.2, 0) is 26.9 Å². The van der Waals surface area contributed by atoms with Gasteiger partial charge in [0.15, 0.2) is 11.3 Å². The van der Waals surface area contributed by atoms with Crippen molar-refractivity contribution in [1.29, 1.82) is 0 Å². The summed E-state index contributed by atoms with van der Waals surface area (Å²) >= 11 is 0. The van der Waals surface area contributed by atoms with E-state index in [9.17, 15) is 22.8 Å². The third kappa shape index (κ3) is 5.72. The number of benzene rings is 3. The first-order valence-electron chi connectivity index (χ1n) is 11.9. The minimum atomic E-state index is -4.82. The molecule has 0 radical (unpaired) electrons. The summed E-state index contributed by atoms with van der Waals surface area (Å²) in [6.07, 6.45) is -3.73. The summed E-state index contributed by atoms with van der Waals surface area (Å²) in [7, 11) is 0. The predicted octanol–water partition coefficient (Wildman–Crippen LogP) is 7.94. The Labute approximate surface area is 221 Å². The minimum Gasteiger partial charge on any atom is -0.462 e. The van der Waals surface area contributed by atoms with Crippen LogP contribution >= 0.6 is 0 Å². The van der Waals surface area contributed by atoms with Crippen LogP contribution in [0.4, 0.5) is 17.6 Å². The Bertz CT molecular complexity index is 1610. The summed E-state index contributed by atoms with van der Waals surface area (Å²) in [5.41, 5.74) is -0.694. The molecule has 4 rings (SSSR count). The number of furan rings is 1. The molecule has 39 heavy (non-hydrogen) atoms. The van der Waals surface area contributed by atoms with Gasteiger partial charge in [0, 0.05) is 21.9 Å². The summed E-state index contributed by atoms with van der Waals surface area (Å²) in [5.74, 6) is -2.92. The monoisotopic (exact) mass is 540 g/mol. The zero-order chi connectivity index (χ0) is 28.5. The largest absolute Gasteiger partial charge is 0.462 e. The van der Waals surface area contributed by atoms with Gasteiger partial charge in [-0.05, 0) is 61.6 Å². The smallest absolute Gasteiger partial charge is 0.420 e. The Morgan fingerprint density at radius 3 is 2.10 bits per heavy atom. The molecule has 1 aromatic heterocycles. The van der Waals surface area contributed by atoms with Crippen LogP contribution < -0.4 is 4.74 Å². The van der Waals surface area contributed by atoms with Crippen LogP contribution in [-0.4, -0.2) is 18.5 Å². The van der Waals surface area contributed by atoms with Crippen molar-refractivity contribution in [2.45, 2.75) is 32.9 Å². The molecule has 0 amide bonds. The minimum absolute atomic E-state index is 0.0281. The maximum absolute atomic E-state index is 15.1. The van der Waals surface area contributed by atoms with E-state index in [0.29, 0.717) is 24.0 Å². The molecule has 0 atom stereocenters. The lowest BCUT2D eigenvalue weighted by molar-refractivity contribution is -0.139. The van der Waals surface area contributed by atoms with Crippen molar-refractivity contribution >= 4 is 33.9 Å². The summed E-state index contributed by atoms with van der Waals surface area (Å²) < 4.78 is 73.7. The first-order valence-corrected chi connectivity index (χ1v) is 11.9. The van der Waals surface area contributed by atoms with Gasteiger partial charge in [-0.25, -0.2) is 9.59 Å². The molecule has 9 heteroatoms. The van der Waals surface area contributed by atoms with Crippen molar-refractivity contribution < 1.29 is 41.0 Å². The van der Waals surface area contributed by atoms with Crippen LogP contribution in [0.25, 0.3) is 33.1 Å². The number of rotatable bonds is 8. The second-order valence-electron chi connectivity index (χ2n) is 9.11. The molecule has 5 nitrogen and oxygen atoms in total. The van der Waals surface area contributed by atoms with Crippen LogP contribution in [0.3, 0.4) is 0 Å². The van der Waals surface area contributed by atoms with E-state index in [0.717, 1.165) is 11.6 Å². The molecule has 0 saturated heterocycles. The maximum atomic E-state index is 15.1. The molecule has 0 saturated carbocycles. The second-order valence-corrected chi connectivity index (χ2v) is 9.11. The highest BCUT2D eigenvalue weighted by molar-refractivity contribution is 6.08. The Hall–Kier alpha value is -4.40. The van der Waals surface area contributed by atoms with Gasteiger partial charge < -0.3 is 13.9 Å². The number of hydrogen-bond acceptors (Lipinski definition) is 5. The van der Waals surface area contributed by atoms with Gasteiger partial charge in [0.2, 0.25) is 5.82 Å². The molecule has 0 aliphatic heterocycles. The fraction of sp³-hybridized carbons (Fsp3) is 0.200. The van der Waals surface area contributed by atoms with Gasteiger partial charge in [0.25, 0.3) is 0 Å². The Kier molecular flexibility index (Phi) is 7.63. The number of hydrogen-bond donors (Lipinski definition) is 0. The molecule has 0 N–H and O–H groups in total. The van der Waals surface area contributed by atoms with Crippen molar-refractivity contribution in [3.8, 4) is 16.9 Å². The molecule has 3 aromatic carbocycles. The van der Waals surface area contributed by atoms with Crippen LogP contribution in [0.2, 0.25) is 0 Å². The van der Waals surface area contributed by atoms with Crippen LogP contribution in [0.5, 0.6) is 5.75 Å².